The van der Waals surface area contributed by atoms with Gasteiger partial charge in [0.15, 0.2) is 0 Å². The maximum absolute atomic E-state index is 6.01. The van der Waals surface area contributed by atoms with Crippen LogP contribution in [0.25, 0.3) is 0 Å². The van der Waals surface area contributed by atoms with Crippen molar-refractivity contribution in [3.63, 3.8) is 0 Å². The average Bonchev–Trinajstić information content (AvgIpc) is 2.58. The van der Waals surface area contributed by atoms with Crippen LogP contribution in [0.3, 0.4) is 0 Å². The van der Waals surface area contributed by atoms with Crippen molar-refractivity contribution in [3.05, 3.63) is 35.9 Å². The van der Waals surface area contributed by atoms with Crippen LogP contribution in [0.2, 0.25) is 0 Å². The Labute approximate surface area is 166 Å². The van der Waals surface area contributed by atoms with E-state index in [1.165, 1.54) is 50.9 Å². The minimum atomic E-state index is 0.369. The zero-order valence-corrected chi connectivity index (χ0v) is 17.7. The predicted molar refractivity (Wildman–Crippen MR) is 112 cm³/mol. The van der Waals surface area contributed by atoms with E-state index in [0.717, 1.165) is 24.5 Å². The molecule has 1 aromatic rings. The van der Waals surface area contributed by atoms with Crippen molar-refractivity contribution in [2.75, 3.05) is 19.6 Å². The van der Waals surface area contributed by atoms with Crippen LogP contribution in [0.1, 0.15) is 58.9 Å². The summed E-state index contributed by atoms with van der Waals surface area (Å²) in [6, 6.07) is 12.5. The van der Waals surface area contributed by atoms with Gasteiger partial charge < -0.3 is 4.74 Å². The van der Waals surface area contributed by atoms with Gasteiger partial charge in [-0.15, -0.1) is 0 Å². The van der Waals surface area contributed by atoms with E-state index >= 15 is 0 Å². The molecule has 2 heterocycles. The molecule has 150 valence electrons. The minimum absolute atomic E-state index is 0.369. The lowest BCUT2D eigenvalue weighted by molar-refractivity contribution is -0.166. The summed E-state index contributed by atoms with van der Waals surface area (Å²) in [4.78, 5) is 5.50. The molecule has 0 aromatic heterocycles. The number of piperidine rings is 1. The van der Waals surface area contributed by atoms with Gasteiger partial charge in [0, 0.05) is 25.2 Å². The highest BCUT2D eigenvalue weighted by atomic mass is 16.5. The Morgan fingerprint density at radius 1 is 1.07 bits per heavy atom. The Morgan fingerprint density at radius 2 is 1.74 bits per heavy atom. The van der Waals surface area contributed by atoms with Crippen LogP contribution in [0.4, 0.5) is 0 Å². The Kier molecular flexibility index (Phi) is 5.64. The number of rotatable bonds is 6. The summed E-state index contributed by atoms with van der Waals surface area (Å²) in [6.07, 6.45) is 6.09. The van der Waals surface area contributed by atoms with Crippen LogP contribution in [0.15, 0.2) is 30.3 Å². The zero-order valence-electron chi connectivity index (χ0n) is 17.7. The van der Waals surface area contributed by atoms with Gasteiger partial charge in [-0.3, -0.25) is 9.80 Å². The molecule has 1 aromatic carbocycles. The van der Waals surface area contributed by atoms with E-state index in [1.807, 2.05) is 0 Å². The molecule has 3 aliphatic rings. The van der Waals surface area contributed by atoms with E-state index in [1.54, 1.807) is 0 Å². The third-order valence-corrected chi connectivity index (χ3v) is 7.08. The van der Waals surface area contributed by atoms with Gasteiger partial charge in [0.2, 0.25) is 0 Å². The first-order chi connectivity index (χ1) is 12.9. The molecule has 0 N–H and O–H groups in total. The molecule has 3 heteroatoms. The number of ether oxygens (including phenoxy) is 1. The van der Waals surface area contributed by atoms with Crippen LogP contribution in [-0.4, -0.2) is 53.7 Å². The van der Waals surface area contributed by atoms with Crippen LogP contribution < -0.4 is 0 Å². The molecule has 4 rings (SSSR count). The summed E-state index contributed by atoms with van der Waals surface area (Å²) in [5.74, 6) is 0.867. The smallest absolute Gasteiger partial charge is 0.0608 e. The molecule has 2 aliphatic heterocycles. The number of hydrogen-bond acceptors (Lipinski definition) is 3. The fourth-order valence-electron chi connectivity index (χ4n) is 5.84. The van der Waals surface area contributed by atoms with Gasteiger partial charge in [-0.25, -0.2) is 0 Å². The highest BCUT2D eigenvalue weighted by Gasteiger charge is 2.54. The Bertz CT molecular complexity index is 600. The van der Waals surface area contributed by atoms with Crippen molar-refractivity contribution in [1.29, 1.82) is 0 Å². The first-order valence-electron chi connectivity index (χ1n) is 11.1. The normalized spacial score (nSPS) is 32.3. The summed E-state index contributed by atoms with van der Waals surface area (Å²) < 4.78 is 6.01. The van der Waals surface area contributed by atoms with E-state index in [9.17, 15) is 0 Å². The molecular weight excluding hydrogens is 332 g/mol. The van der Waals surface area contributed by atoms with Crippen molar-refractivity contribution in [1.82, 2.24) is 9.80 Å². The van der Waals surface area contributed by atoms with Crippen molar-refractivity contribution >= 4 is 0 Å². The molecule has 1 aliphatic carbocycles. The molecule has 1 unspecified atom stereocenters. The second-order valence-electron chi connectivity index (χ2n) is 10.1. The number of hydrogen-bond donors (Lipinski definition) is 0. The van der Waals surface area contributed by atoms with Gasteiger partial charge in [-0.2, -0.15) is 0 Å². The third kappa shape index (κ3) is 4.26. The van der Waals surface area contributed by atoms with Crippen LogP contribution in [-0.2, 0) is 11.3 Å². The van der Waals surface area contributed by atoms with Crippen molar-refractivity contribution < 1.29 is 4.74 Å². The Hall–Kier alpha value is -0.900. The number of benzene rings is 1. The number of nitrogens with zero attached hydrogens (tertiary/aromatic N) is 2. The van der Waals surface area contributed by atoms with E-state index in [4.69, 9.17) is 4.74 Å². The fraction of sp³-hybridized carbons (Fsp3) is 0.750. The molecule has 0 spiro atoms. The lowest BCUT2D eigenvalue weighted by atomic mass is 9.64. The van der Waals surface area contributed by atoms with E-state index in [-0.39, 0.29) is 0 Å². The quantitative estimate of drug-likeness (QED) is 0.730. The summed E-state index contributed by atoms with van der Waals surface area (Å²) in [6.45, 7) is 14.2. The van der Waals surface area contributed by atoms with Crippen LogP contribution >= 0.6 is 0 Å². The largest absolute Gasteiger partial charge is 0.375 e. The highest BCUT2D eigenvalue weighted by molar-refractivity contribution is 5.14. The zero-order chi connectivity index (χ0) is 19.0. The second kappa shape index (κ2) is 7.85. The Balaban J connectivity index is 1.29. The topological polar surface area (TPSA) is 15.7 Å². The average molecular weight is 371 g/mol. The summed E-state index contributed by atoms with van der Waals surface area (Å²) >= 11 is 0. The molecule has 0 amide bonds. The lowest BCUT2D eigenvalue weighted by Crippen LogP contribution is -2.70. The van der Waals surface area contributed by atoms with Gasteiger partial charge in [0.1, 0.15) is 0 Å². The maximum Gasteiger partial charge on any atom is 0.0608 e. The molecule has 1 saturated carbocycles. The predicted octanol–water partition coefficient (Wildman–Crippen LogP) is 4.57. The van der Waals surface area contributed by atoms with Crippen LogP contribution in [0, 0.1) is 11.3 Å². The minimum Gasteiger partial charge on any atom is -0.375 e. The number of likely N-dealkylation sites (tertiary alicyclic amines) is 2. The molecule has 2 saturated heterocycles. The summed E-state index contributed by atoms with van der Waals surface area (Å²) in [5, 5.41) is 0. The van der Waals surface area contributed by atoms with E-state index < -0.39 is 0 Å². The van der Waals surface area contributed by atoms with Crippen molar-refractivity contribution in [2.24, 2.45) is 11.3 Å². The van der Waals surface area contributed by atoms with Crippen molar-refractivity contribution in [2.45, 2.75) is 84.2 Å². The standard InChI is InChI=1S/C24H38N2O/c1-18(2)27-22-14-21(15-22)26-17-24(3,4)23(26)20-10-12-25(13-11-20)16-19-8-6-5-7-9-19/h5-9,18,20-23H,10-17H2,1-4H3. The summed E-state index contributed by atoms with van der Waals surface area (Å²) in [7, 11) is 0. The first kappa shape index (κ1) is 19.4. The lowest BCUT2D eigenvalue weighted by Gasteiger charge is -2.63. The molecular formula is C24H38N2O. The van der Waals surface area contributed by atoms with Gasteiger partial charge in [-0.1, -0.05) is 44.2 Å². The molecule has 3 nitrogen and oxygen atoms in total. The van der Waals surface area contributed by atoms with Gasteiger partial charge in [0.05, 0.1) is 12.2 Å². The van der Waals surface area contributed by atoms with E-state index in [2.05, 4.69) is 67.8 Å². The highest BCUT2D eigenvalue weighted by Crippen LogP contribution is 2.48. The van der Waals surface area contributed by atoms with Gasteiger partial charge in [0.25, 0.3) is 0 Å². The molecule has 3 fully saturated rings. The first-order valence-corrected chi connectivity index (χ1v) is 11.1. The monoisotopic (exact) mass is 370 g/mol. The molecule has 1 atom stereocenters. The maximum atomic E-state index is 6.01. The third-order valence-electron chi connectivity index (χ3n) is 7.08. The van der Waals surface area contributed by atoms with Gasteiger partial charge in [-0.05, 0) is 69.5 Å². The van der Waals surface area contributed by atoms with Crippen molar-refractivity contribution in [3.8, 4) is 0 Å². The van der Waals surface area contributed by atoms with E-state index in [0.29, 0.717) is 17.6 Å². The molecule has 27 heavy (non-hydrogen) atoms. The van der Waals surface area contributed by atoms with Crippen LogP contribution in [0.5, 0.6) is 0 Å². The SMILES string of the molecule is CC(C)OC1CC(N2CC(C)(C)C2C2CCN(Cc3ccccc3)CC2)C1. The fourth-order valence-corrected chi connectivity index (χ4v) is 5.84. The second-order valence-corrected chi connectivity index (χ2v) is 10.1. The summed E-state index contributed by atoms with van der Waals surface area (Å²) in [5.41, 5.74) is 1.93. The Morgan fingerprint density at radius 3 is 2.33 bits per heavy atom. The van der Waals surface area contributed by atoms with Gasteiger partial charge >= 0.3 is 0 Å². The molecule has 0 bridgehead atoms. The molecule has 0 radical (unpaired) electrons.